The minimum Gasteiger partial charge on any atom is -0.267 e. The average molecular weight is 362 g/mol. The van der Waals surface area contributed by atoms with Gasteiger partial charge in [-0.05, 0) is 35.9 Å². The molecule has 0 aliphatic carbocycles. The molecular weight excluding hydrogens is 346 g/mol. The van der Waals surface area contributed by atoms with Gasteiger partial charge in [-0.15, -0.1) is 0 Å². The molecule has 5 heteroatoms. The van der Waals surface area contributed by atoms with Gasteiger partial charge in [0, 0.05) is 35.0 Å². The SMILES string of the molecule is O=C(c1ccccc1)N1N=C(c2cccnc2)CC1c1ccc(Cl)cc1. The van der Waals surface area contributed by atoms with E-state index in [1.807, 2.05) is 54.6 Å². The van der Waals surface area contributed by atoms with E-state index in [2.05, 4.69) is 10.1 Å². The fraction of sp³-hybridized carbons (Fsp3) is 0.0952. The van der Waals surface area contributed by atoms with Crippen molar-refractivity contribution in [1.82, 2.24) is 9.99 Å². The Labute approximate surface area is 156 Å². The summed E-state index contributed by atoms with van der Waals surface area (Å²) in [6, 6.07) is 20.4. The van der Waals surface area contributed by atoms with Crippen molar-refractivity contribution in [3.8, 4) is 0 Å². The molecule has 3 aromatic rings. The zero-order valence-corrected chi connectivity index (χ0v) is 14.7. The van der Waals surface area contributed by atoms with Crippen molar-refractivity contribution >= 4 is 23.2 Å². The van der Waals surface area contributed by atoms with Crippen LogP contribution in [0, 0.1) is 0 Å². The quantitative estimate of drug-likeness (QED) is 0.677. The highest BCUT2D eigenvalue weighted by atomic mass is 35.5. The molecule has 2 heterocycles. The van der Waals surface area contributed by atoms with Crippen LogP contribution < -0.4 is 0 Å². The summed E-state index contributed by atoms with van der Waals surface area (Å²) in [5, 5.41) is 6.88. The molecule has 0 saturated carbocycles. The van der Waals surface area contributed by atoms with Crippen molar-refractivity contribution in [3.05, 3.63) is 101 Å². The van der Waals surface area contributed by atoms with Gasteiger partial charge in [0.15, 0.2) is 0 Å². The van der Waals surface area contributed by atoms with Crippen molar-refractivity contribution < 1.29 is 4.79 Å². The lowest BCUT2D eigenvalue weighted by atomic mass is 9.99. The smallest absolute Gasteiger partial charge is 0.267 e. The third-order valence-electron chi connectivity index (χ3n) is 4.39. The van der Waals surface area contributed by atoms with Gasteiger partial charge in [0.05, 0.1) is 11.8 Å². The molecule has 2 aromatic carbocycles. The molecular formula is C21H16ClN3O. The number of benzene rings is 2. The highest BCUT2D eigenvalue weighted by Crippen LogP contribution is 2.34. The number of hydrogen-bond donors (Lipinski definition) is 0. The highest BCUT2D eigenvalue weighted by Gasteiger charge is 2.33. The molecule has 1 unspecified atom stereocenters. The van der Waals surface area contributed by atoms with E-state index >= 15 is 0 Å². The Morgan fingerprint density at radius 1 is 1.00 bits per heavy atom. The van der Waals surface area contributed by atoms with E-state index in [0.717, 1.165) is 16.8 Å². The fourth-order valence-electron chi connectivity index (χ4n) is 3.06. The number of amides is 1. The van der Waals surface area contributed by atoms with Crippen LogP contribution in [-0.2, 0) is 0 Å². The van der Waals surface area contributed by atoms with Crippen molar-refractivity contribution in [2.45, 2.75) is 12.5 Å². The van der Waals surface area contributed by atoms with Crippen LogP contribution in [0.25, 0.3) is 0 Å². The number of carbonyl (C=O) groups excluding carboxylic acids is 1. The highest BCUT2D eigenvalue weighted by molar-refractivity contribution is 6.30. The molecule has 0 N–H and O–H groups in total. The van der Waals surface area contributed by atoms with Crippen LogP contribution in [0.2, 0.25) is 5.02 Å². The second-order valence-electron chi connectivity index (χ2n) is 6.08. The van der Waals surface area contributed by atoms with E-state index in [4.69, 9.17) is 11.6 Å². The first-order chi connectivity index (χ1) is 12.7. The van der Waals surface area contributed by atoms with Gasteiger partial charge in [0.25, 0.3) is 5.91 Å². The van der Waals surface area contributed by atoms with Crippen molar-refractivity contribution in [2.24, 2.45) is 5.10 Å². The molecule has 26 heavy (non-hydrogen) atoms. The molecule has 128 valence electrons. The standard InChI is InChI=1S/C21H16ClN3O/c22-18-10-8-15(9-11-18)20-13-19(17-7-4-12-23-14-17)24-25(20)21(26)16-5-2-1-3-6-16/h1-12,14,20H,13H2. The van der Waals surface area contributed by atoms with Crippen LogP contribution in [0.3, 0.4) is 0 Å². The van der Waals surface area contributed by atoms with Crippen LogP contribution >= 0.6 is 11.6 Å². The van der Waals surface area contributed by atoms with E-state index in [1.165, 1.54) is 0 Å². The van der Waals surface area contributed by atoms with Crippen molar-refractivity contribution in [1.29, 1.82) is 0 Å². The molecule has 0 radical (unpaired) electrons. The molecule has 4 nitrogen and oxygen atoms in total. The van der Waals surface area contributed by atoms with Crippen LogP contribution in [-0.4, -0.2) is 21.6 Å². The molecule has 4 rings (SSSR count). The average Bonchev–Trinajstić information content (AvgIpc) is 3.15. The maximum Gasteiger partial charge on any atom is 0.274 e. The summed E-state index contributed by atoms with van der Waals surface area (Å²) in [6.45, 7) is 0. The summed E-state index contributed by atoms with van der Waals surface area (Å²) >= 11 is 6.02. The topological polar surface area (TPSA) is 45.6 Å². The number of aromatic nitrogens is 1. The third kappa shape index (κ3) is 3.24. The summed E-state index contributed by atoms with van der Waals surface area (Å²) in [7, 11) is 0. The van der Waals surface area contributed by atoms with Gasteiger partial charge >= 0.3 is 0 Å². The van der Waals surface area contributed by atoms with Gasteiger partial charge in [0.2, 0.25) is 0 Å². The Kier molecular flexibility index (Phi) is 4.50. The monoisotopic (exact) mass is 361 g/mol. The maximum absolute atomic E-state index is 13.1. The molecule has 0 spiro atoms. The predicted octanol–water partition coefficient (Wildman–Crippen LogP) is 4.73. The van der Waals surface area contributed by atoms with Gasteiger partial charge in [-0.25, -0.2) is 5.01 Å². The lowest BCUT2D eigenvalue weighted by Crippen LogP contribution is -2.27. The molecule has 0 fully saturated rings. The first-order valence-corrected chi connectivity index (χ1v) is 8.72. The fourth-order valence-corrected chi connectivity index (χ4v) is 3.19. The van der Waals surface area contributed by atoms with Crippen LogP contribution in [0.15, 0.2) is 84.2 Å². The summed E-state index contributed by atoms with van der Waals surface area (Å²) in [4.78, 5) is 17.2. The number of rotatable bonds is 3. The molecule has 1 atom stereocenters. The number of carbonyl (C=O) groups is 1. The van der Waals surface area contributed by atoms with E-state index < -0.39 is 0 Å². The summed E-state index contributed by atoms with van der Waals surface area (Å²) in [6.07, 6.45) is 4.13. The van der Waals surface area contributed by atoms with Gasteiger partial charge in [0.1, 0.15) is 0 Å². The zero-order chi connectivity index (χ0) is 17.9. The van der Waals surface area contributed by atoms with Crippen LogP contribution in [0.5, 0.6) is 0 Å². The zero-order valence-electron chi connectivity index (χ0n) is 13.9. The van der Waals surface area contributed by atoms with E-state index in [9.17, 15) is 4.79 Å². The Bertz CT molecular complexity index is 940. The Morgan fingerprint density at radius 2 is 1.77 bits per heavy atom. The minimum absolute atomic E-state index is 0.121. The number of hydrogen-bond acceptors (Lipinski definition) is 3. The number of halogens is 1. The molecule has 1 amide bonds. The van der Waals surface area contributed by atoms with E-state index in [0.29, 0.717) is 17.0 Å². The van der Waals surface area contributed by atoms with Gasteiger partial charge < -0.3 is 0 Å². The second-order valence-corrected chi connectivity index (χ2v) is 6.51. The molecule has 0 bridgehead atoms. The van der Waals surface area contributed by atoms with E-state index in [-0.39, 0.29) is 11.9 Å². The summed E-state index contributed by atoms with van der Waals surface area (Å²) in [5.74, 6) is -0.121. The number of hydrazone groups is 1. The lowest BCUT2D eigenvalue weighted by molar-refractivity contribution is 0.0711. The predicted molar refractivity (Wildman–Crippen MR) is 102 cm³/mol. The minimum atomic E-state index is -0.171. The Hall–Kier alpha value is -2.98. The second kappa shape index (κ2) is 7.10. The number of nitrogens with zero attached hydrogens (tertiary/aromatic N) is 3. The molecule has 1 aromatic heterocycles. The van der Waals surface area contributed by atoms with Gasteiger partial charge in [-0.1, -0.05) is 48.0 Å². The van der Waals surface area contributed by atoms with Gasteiger partial charge in [-0.2, -0.15) is 5.10 Å². The lowest BCUT2D eigenvalue weighted by Gasteiger charge is -2.22. The van der Waals surface area contributed by atoms with Crippen LogP contribution in [0.1, 0.15) is 33.9 Å². The van der Waals surface area contributed by atoms with E-state index in [1.54, 1.807) is 29.5 Å². The summed E-state index contributed by atoms with van der Waals surface area (Å²) < 4.78 is 0. The largest absolute Gasteiger partial charge is 0.274 e. The summed E-state index contributed by atoms with van der Waals surface area (Å²) in [5.41, 5.74) is 3.39. The Balaban J connectivity index is 1.73. The third-order valence-corrected chi connectivity index (χ3v) is 4.64. The number of pyridine rings is 1. The van der Waals surface area contributed by atoms with Crippen molar-refractivity contribution in [3.63, 3.8) is 0 Å². The molecule has 1 aliphatic rings. The maximum atomic E-state index is 13.1. The van der Waals surface area contributed by atoms with Crippen molar-refractivity contribution in [2.75, 3.05) is 0 Å². The van der Waals surface area contributed by atoms with Gasteiger partial charge in [-0.3, -0.25) is 9.78 Å². The van der Waals surface area contributed by atoms with Crippen LogP contribution in [0.4, 0.5) is 0 Å². The first kappa shape index (κ1) is 16.5. The first-order valence-electron chi connectivity index (χ1n) is 8.34. The Morgan fingerprint density at radius 3 is 2.46 bits per heavy atom. The molecule has 1 aliphatic heterocycles. The molecule has 0 saturated heterocycles. The normalized spacial score (nSPS) is 16.4.